The Labute approximate surface area is 150 Å². The molecular formula is C16H21N3O7. The van der Waals surface area contributed by atoms with Crippen LogP contribution in [-0.4, -0.2) is 78.3 Å². The summed E-state index contributed by atoms with van der Waals surface area (Å²) in [5.41, 5.74) is 0.389. The number of fused-ring (bicyclic) bond motifs is 1. The molecule has 0 saturated carbocycles. The minimum Gasteiger partial charge on any atom is -0.494 e. The molecule has 1 aromatic rings. The summed E-state index contributed by atoms with van der Waals surface area (Å²) in [6.45, 7) is 0.319. The normalized spacial score (nSPS) is 14.5. The number of aliphatic hydroxyl groups excluding tert-OH is 1. The van der Waals surface area contributed by atoms with Gasteiger partial charge in [0.15, 0.2) is 0 Å². The Balaban J connectivity index is 1.99. The molecule has 2 rings (SSSR count). The summed E-state index contributed by atoms with van der Waals surface area (Å²) in [6, 6.07) is 4.59. The highest BCUT2D eigenvalue weighted by Crippen LogP contribution is 2.27. The zero-order valence-electron chi connectivity index (χ0n) is 14.6. The molecule has 0 radical (unpaired) electrons. The van der Waals surface area contributed by atoms with Crippen LogP contribution in [0, 0.1) is 10.1 Å². The average Bonchev–Trinajstić information content (AvgIpc) is 2.81. The third kappa shape index (κ3) is 4.90. The first-order valence-electron chi connectivity index (χ1n) is 8.02. The van der Waals surface area contributed by atoms with Crippen LogP contribution in [0.2, 0.25) is 0 Å². The van der Waals surface area contributed by atoms with Crippen LogP contribution in [0.25, 0.3) is 0 Å². The Morgan fingerprint density at radius 2 is 1.96 bits per heavy atom. The molecule has 1 unspecified atom stereocenters. The van der Waals surface area contributed by atoms with Gasteiger partial charge in [-0.15, -0.1) is 10.1 Å². The van der Waals surface area contributed by atoms with Gasteiger partial charge in [0.05, 0.1) is 30.4 Å². The molecule has 0 bridgehead atoms. The molecule has 10 heteroatoms. The third-order valence-electron chi connectivity index (χ3n) is 3.73. The van der Waals surface area contributed by atoms with Gasteiger partial charge < -0.3 is 19.6 Å². The zero-order valence-corrected chi connectivity index (χ0v) is 14.6. The predicted molar refractivity (Wildman–Crippen MR) is 89.4 cm³/mol. The number of ether oxygens (including phenoxy) is 1. The highest BCUT2D eigenvalue weighted by atomic mass is 17.0. The van der Waals surface area contributed by atoms with E-state index in [1.54, 1.807) is 6.07 Å². The minimum absolute atomic E-state index is 0.183. The van der Waals surface area contributed by atoms with Crippen LogP contribution >= 0.6 is 0 Å². The van der Waals surface area contributed by atoms with Crippen LogP contribution in [0.5, 0.6) is 5.75 Å². The minimum atomic E-state index is -1.36. The van der Waals surface area contributed by atoms with Gasteiger partial charge in [0.25, 0.3) is 16.9 Å². The summed E-state index contributed by atoms with van der Waals surface area (Å²) in [5, 5.41) is 18.8. The van der Waals surface area contributed by atoms with Crippen molar-refractivity contribution in [2.24, 2.45) is 0 Å². The van der Waals surface area contributed by atoms with Crippen LogP contribution in [0.1, 0.15) is 27.1 Å². The maximum absolute atomic E-state index is 12.4. The monoisotopic (exact) mass is 367 g/mol. The van der Waals surface area contributed by atoms with Crippen molar-refractivity contribution in [1.82, 2.24) is 9.80 Å². The summed E-state index contributed by atoms with van der Waals surface area (Å²) >= 11 is 0. The molecule has 142 valence electrons. The molecule has 1 aliphatic rings. The van der Waals surface area contributed by atoms with E-state index in [-0.39, 0.29) is 17.7 Å². The number of nitrogens with zero attached hydrogens (tertiary/aromatic N) is 3. The number of aliphatic hydroxyl groups is 1. The fourth-order valence-electron chi connectivity index (χ4n) is 2.51. The van der Waals surface area contributed by atoms with E-state index in [1.165, 1.54) is 12.1 Å². The SMILES string of the molecule is CN(C)CCCOc1ccc2c(c1)C(=O)N(CC(O)CO[N+](=O)[O-])C2=O. The first-order chi connectivity index (χ1) is 12.3. The van der Waals surface area contributed by atoms with Crippen molar-refractivity contribution in [3.8, 4) is 5.75 Å². The third-order valence-corrected chi connectivity index (χ3v) is 3.73. The van der Waals surface area contributed by atoms with Crippen molar-refractivity contribution in [1.29, 1.82) is 0 Å². The van der Waals surface area contributed by atoms with Crippen LogP contribution in [0.4, 0.5) is 0 Å². The van der Waals surface area contributed by atoms with E-state index in [1.807, 2.05) is 19.0 Å². The molecule has 0 saturated heterocycles. The second-order valence-corrected chi connectivity index (χ2v) is 6.11. The molecule has 0 aliphatic carbocycles. The lowest BCUT2D eigenvalue weighted by Crippen LogP contribution is -2.39. The quantitative estimate of drug-likeness (QED) is 0.269. The Morgan fingerprint density at radius 1 is 1.27 bits per heavy atom. The van der Waals surface area contributed by atoms with E-state index in [4.69, 9.17) is 4.74 Å². The molecule has 1 atom stereocenters. The van der Waals surface area contributed by atoms with Crippen LogP contribution in [0.15, 0.2) is 18.2 Å². The van der Waals surface area contributed by atoms with Gasteiger partial charge in [-0.05, 0) is 38.7 Å². The number of amides is 2. The standard InChI is InChI=1S/C16H21N3O7/c1-17(2)6-3-7-25-12-4-5-13-14(8-12)16(22)18(15(13)21)9-11(20)10-26-19(23)24/h4-5,8,11,20H,3,6-7,9-10H2,1-2H3. The van der Waals surface area contributed by atoms with Crippen molar-refractivity contribution in [2.45, 2.75) is 12.5 Å². The number of carbonyl (C=O) groups is 2. The Bertz CT molecular complexity index is 692. The number of β-amino-alcohol motifs (C(OH)–C–C–N with tert-alkyl or cyclic N) is 1. The number of rotatable bonds is 10. The molecular weight excluding hydrogens is 346 g/mol. The summed E-state index contributed by atoms with van der Waals surface area (Å²) in [5.74, 6) is -0.670. The number of hydrogen-bond donors (Lipinski definition) is 1. The fourth-order valence-corrected chi connectivity index (χ4v) is 2.51. The molecule has 0 spiro atoms. The van der Waals surface area contributed by atoms with Gasteiger partial charge in [-0.1, -0.05) is 0 Å². The Kier molecular flexibility index (Phi) is 6.47. The molecule has 1 aromatic carbocycles. The van der Waals surface area contributed by atoms with Gasteiger partial charge in [0.1, 0.15) is 12.4 Å². The fraction of sp³-hybridized carbons (Fsp3) is 0.500. The number of hydrogen-bond acceptors (Lipinski definition) is 8. The maximum Gasteiger partial charge on any atom is 0.294 e. The van der Waals surface area contributed by atoms with E-state index in [0.29, 0.717) is 12.4 Å². The second-order valence-electron chi connectivity index (χ2n) is 6.11. The van der Waals surface area contributed by atoms with Crippen molar-refractivity contribution >= 4 is 11.8 Å². The van der Waals surface area contributed by atoms with Crippen LogP contribution < -0.4 is 4.74 Å². The highest BCUT2D eigenvalue weighted by Gasteiger charge is 2.37. The first kappa shape index (κ1) is 19.6. The van der Waals surface area contributed by atoms with Gasteiger partial charge in [0, 0.05) is 6.54 Å². The molecule has 10 nitrogen and oxygen atoms in total. The smallest absolute Gasteiger partial charge is 0.294 e. The molecule has 1 heterocycles. The lowest BCUT2D eigenvalue weighted by molar-refractivity contribution is -0.759. The summed E-state index contributed by atoms with van der Waals surface area (Å²) in [4.78, 5) is 41.8. The number of benzene rings is 1. The van der Waals surface area contributed by atoms with Gasteiger partial charge in [-0.3, -0.25) is 14.5 Å². The maximum atomic E-state index is 12.4. The topological polar surface area (TPSA) is 122 Å². The van der Waals surface area contributed by atoms with Crippen molar-refractivity contribution in [3.63, 3.8) is 0 Å². The molecule has 1 N–H and O–H groups in total. The summed E-state index contributed by atoms with van der Waals surface area (Å²) in [6.07, 6.45) is -0.546. The Morgan fingerprint density at radius 3 is 2.62 bits per heavy atom. The first-order valence-corrected chi connectivity index (χ1v) is 8.02. The van der Waals surface area contributed by atoms with Gasteiger partial charge >= 0.3 is 0 Å². The van der Waals surface area contributed by atoms with Crippen molar-refractivity contribution in [3.05, 3.63) is 39.4 Å². The number of carbonyl (C=O) groups excluding carboxylic acids is 2. The largest absolute Gasteiger partial charge is 0.494 e. The molecule has 26 heavy (non-hydrogen) atoms. The van der Waals surface area contributed by atoms with Gasteiger partial charge in [-0.25, -0.2) is 0 Å². The lowest BCUT2D eigenvalue weighted by Gasteiger charge is -2.17. The van der Waals surface area contributed by atoms with Gasteiger partial charge in [-0.2, -0.15) is 0 Å². The van der Waals surface area contributed by atoms with Crippen molar-refractivity contribution in [2.75, 3.05) is 40.4 Å². The van der Waals surface area contributed by atoms with E-state index in [2.05, 4.69) is 4.84 Å². The van der Waals surface area contributed by atoms with Crippen LogP contribution in [0.3, 0.4) is 0 Å². The lowest BCUT2D eigenvalue weighted by atomic mass is 10.1. The molecule has 2 amide bonds. The van der Waals surface area contributed by atoms with Gasteiger partial charge in [0.2, 0.25) is 0 Å². The Hall–Kier alpha value is -2.72. The summed E-state index contributed by atoms with van der Waals surface area (Å²) in [7, 11) is 3.92. The van der Waals surface area contributed by atoms with Crippen molar-refractivity contribution < 1.29 is 29.4 Å². The highest BCUT2D eigenvalue weighted by molar-refractivity contribution is 6.21. The molecule has 1 aliphatic heterocycles. The number of imide groups is 1. The second kappa shape index (κ2) is 8.59. The van der Waals surface area contributed by atoms with Crippen LogP contribution in [-0.2, 0) is 4.84 Å². The molecule has 0 fully saturated rings. The zero-order chi connectivity index (χ0) is 19.3. The average molecular weight is 367 g/mol. The molecule has 0 aromatic heterocycles. The van der Waals surface area contributed by atoms with E-state index in [9.17, 15) is 24.8 Å². The van der Waals surface area contributed by atoms with E-state index >= 15 is 0 Å². The van der Waals surface area contributed by atoms with E-state index < -0.39 is 29.6 Å². The van der Waals surface area contributed by atoms with E-state index in [0.717, 1.165) is 17.9 Å². The predicted octanol–water partition coefficient (Wildman–Crippen LogP) is 0.182. The summed E-state index contributed by atoms with van der Waals surface area (Å²) < 4.78 is 5.59.